The van der Waals surface area contributed by atoms with Crippen molar-refractivity contribution < 1.29 is 18.7 Å². The molecule has 1 heterocycles. The molecule has 5 heteroatoms. The van der Waals surface area contributed by atoms with Gasteiger partial charge < -0.3 is 14.5 Å². The zero-order valence-corrected chi connectivity index (χ0v) is 16.6. The van der Waals surface area contributed by atoms with Crippen molar-refractivity contribution in [2.45, 2.75) is 46.1 Å². The molecular formula is C23H25NO4. The fraction of sp³-hybridized carbons (Fsp3) is 0.304. The van der Waals surface area contributed by atoms with Crippen molar-refractivity contribution in [3.8, 4) is 0 Å². The molecule has 1 N–H and O–H groups in total. The lowest BCUT2D eigenvalue weighted by molar-refractivity contribution is -0.123. The van der Waals surface area contributed by atoms with Gasteiger partial charge in [0, 0.05) is 16.6 Å². The van der Waals surface area contributed by atoms with Crippen molar-refractivity contribution in [2.75, 3.05) is 5.32 Å². The van der Waals surface area contributed by atoms with Gasteiger partial charge in [-0.05, 0) is 43.9 Å². The molecular weight excluding hydrogens is 354 g/mol. The second-order valence-electron chi connectivity index (χ2n) is 6.99. The van der Waals surface area contributed by atoms with E-state index >= 15 is 0 Å². The smallest absolute Gasteiger partial charge is 0.375 e. The number of benzene rings is 2. The van der Waals surface area contributed by atoms with Gasteiger partial charge in [-0.2, -0.15) is 0 Å². The van der Waals surface area contributed by atoms with Crippen LogP contribution in [0.1, 0.15) is 54.8 Å². The van der Waals surface area contributed by atoms with Crippen LogP contribution in [0.25, 0.3) is 11.0 Å². The number of hydrogen-bond acceptors (Lipinski definition) is 4. The lowest BCUT2D eigenvalue weighted by atomic mass is 9.97. The highest BCUT2D eigenvalue weighted by molar-refractivity contribution is 5.99. The molecule has 1 amide bonds. The molecule has 3 aromatic rings. The first-order chi connectivity index (χ1) is 13.4. The van der Waals surface area contributed by atoms with E-state index in [1.165, 1.54) is 0 Å². The zero-order chi connectivity index (χ0) is 20.3. The predicted molar refractivity (Wildman–Crippen MR) is 110 cm³/mol. The maximum atomic E-state index is 12.6. The molecule has 0 radical (unpaired) electrons. The van der Waals surface area contributed by atoms with Gasteiger partial charge in [-0.15, -0.1) is 0 Å². The normalized spacial score (nSPS) is 13.1. The Morgan fingerprint density at radius 1 is 1.07 bits per heavy atom. The molecule has 146 valence electrons. The number of nitrogens with one attached hydrogen (secondary N) is 1. The molecule has 3 rings (SSSR count). The lowest BCUT2D eigenvalue weighted by Gasteiger charge is -2.18. The summed E-state index contributed by atoms with van der Waals surface area (Å²) < 4.78 is 11.0. The van der Waals surface area contributed by atoms with Gasteiger partial charge in [-0.1, -0.05) is 50.2 Å². The quantitative estimate of drug-likeness (QED) is 0.579. The van der Waals surface area contributed by atoms with Crippen LogP contribution in [0.5, 0.6) is 0 Å². The Balaban J connectivity index is 1.72. The maximum absolute atomic E-state index is 12.6. The second-order valence-corrected chi connectivity index (χ2v) is 6.99. The van der Waals surface area contributed by atoms with Crippen LogP contribution >= 0.6 is 0 Å². The van der Waals surface area contributed by atoms with E-state index in [1.807, 2.05) is 42.5 Å². The number of furan rings is 1. The number of esters is 1. The van der Waals surface area contributed by atoms with Gasteiger partial charge in [-0.25, -0.2) is 4.79 Å². The summed E-state index contributed by atoms with van der Waals surface area (Å²) in [6, 6.07) is 15.1. The van der Waals surface area contributed by atoms with Gasteiger partial charge in [0.15, 0.2) is 6.10 Å². The van der Waals surface area contributed by atoms with Crippen molar-refractivity contribution >= 4 is 28.5 Å². The Labute approximate surface area is 164 Å². The predicted octanol–water partition coefficient (Wildman–Crippen LogP) is 5.44. The third-order valence-electron chi connectivity index (χ3n) is 5.04. The van der Waals surface area contributed by atoms with E-state index in [2.05, 4.69) is 19.2 Å². The van der Waals surface area contributed by atoms with Crippen LogP contribution in [0.15, 0.2) is 52.9 Å². The summed E-state index contributed by atoms with van der Waals surface area (Å²) in [4.78, 5) is 25.1. The van der Waals surface area contributed by atoms with Gasteiger partial charge in [0.25, 0.3) is 5.91 Å². The number of para-hydroxylation sites is 2. The van der Waals surface area contributed by atoms with E-state index in [4.69, 9.17) is 9.15 Å². The fourth-order valence-corrected chi connectivity index (χ4v) is 3.13. The van der Waals surface area contributed by atoms with Crippen LogP contribution < -0.4 is 5.32 Å². The molecule has 0 fully saturated rings. The summed E-state index contributed by atoms with van der Waals surface area (Å²) in [5.41, 5.74) is 3.12. The molecule has 0 saturated carbocycles. The van der Waals surface area contributed by atoms with Gasteiger partial charge in [0.1, 0.15) is 5.58 Å². The number of amides is 1. The first kappa shape index (κ1) is 19.7. The number of aryl methyl sites for hydroxylation is 1. The molecule has 1 aromatic heterocycles. The molecule has 0 spiro atoms. The Morgan fingerprint density at radius 3 is 2.46 bits per heavy atom. The fourth-order valence-electron chi connectivity index (χ4n) is 3.13. The van der Waals surface area contributed by atoms with E-state index in [9.17, 15) is 9.59 Å². The summed E-state index contributed by atoms with van der Waals surface area (Å²) in [6.45, 7) is 7.56. The van der Waals surface area contributed by atoms with Crippen LogP contribution in [0, 0.1) is 6.92 Å². The highest BCUT2D eigenvalue weighted by atomic mass is 16.6. The molecule has 5 nitrogen and oxygen atoms in total. The Morgan fingerprint density at radius 2 is 1.75 bits per heavy atom. The van der Waals surface area contributed by atoms with Crippen molar-refractivity contribution in [1.29, 1.82) is 0 Å². The molecule has 0 unspecified atom stereocenters. The van der Waals surface area contributed by atoms with Crippen LogP contribution in [-0.2, 0) is 9.53 Å². The van der Waals surface area contributed by atoms with Crippen LogP contribution in [0.3, 0.4) is 0 Å². The number of carbonyl (C=O) groups excluding carboxylic acids is 2. The van der Waals surface area contributed by atoms with Crippen LogP contribution in [-0.4, -0.2) is 18.0 Å². The van der Waals surface area contributed by atoms with Gasteiger partial charge in [0.05, 0.1) is 0 Å². The van der Waals surface area contributed by atoms with Gasteiger partial charge in [0.2, 0.25) is 5.76 Å². The van der Waals surface area contributed by atoms with E-state index in [0.29, 0.717) is 17.1 Å². The number of carbonyl (C=O) groups is 2. The Bertz CT molecular complexity index is 1000. The number of fused-ring (bicyclic) bond motifs is 1. The van der Waals surface area contributed by atoms with E-state index < -0.39 is 12.1 Å². The van der Waals surface area contributed by atoms with Crippen molar-refractivity contribution in [3.05, 3.63) is 65.4 Å². The molecule has 0 aliphatic carbocycles. The van der Waals surface area contributed by atoms with Crippen LogP contribution in [0.4, 0.5) is 5.69 Å². The summed E-state index contributed by atoms with van der Waals surface area (Å²) >= 11 is 0. The molecule has 0 saturated heterocycles. The summed E-state index contributed by atoms with van der Waals surface area (Å²) in [6.07, 6.45) is 0.00745. The number of rotatable bonds is 6. The second kappa shape index (κ2) is 8.30. The lowest BCUT2D eigenvalue weighted by Crippen LogP contribution is -2.30. The third-order valence-corrected chi connectivity index (χ3v) is 5.04. The van der Waals surface area contributed by atoms with Crippen molar-refractivity contribution in [2.24, 2.45) is 0 Å². The SMILES string of the molecule is CC[C@@H](C)c1ccccc1NC(=O)[C@@H](C)OC(=O)c1oc2ccccc2c1C. The van der Waals surface area contributed by atoms with Crippen molar-refractivity contribution in [3.63, 3.8) is 0 Å². The minimum atomic E-state index is -0.954. The van der Waals surface area contributed by atoms with Gasteiger partial charge >= 0.3 is 5.97 Å². The molecule has 28 heavy (non-hydrogen) atoms. The van der Waals surface area contributed by atoms with Crippen LogP contribution in [0.2, 0.25) is 0 Å². The minimum Gasteiger partial charge on any atom is -0.449 e. The highest BCUT2D eigenvalue weighted by Gasteiger charge is 2.24. The Kier molecular flexibility index (Phi) is 5.83. The maximum Gasteiger partial charge on any atom is 0.375 e. The number of anilines is 1. The Hall–Kier alpha value is -3.08. The average Bonchev–Trinajstić information content (AvgIpc) is 3.04. The van der Waals surface area contributed by atoms with Crippen molar-refractivity contribution in [1.82, 2.24) is 0 Å². The molecule has 2 atom stereocenters. The first-order valence-electron chi connectivity index (χ1n) is 9.51. The molecule has 0 bridgehead atoms. The summed E-state index contributed by atoms with van der Waals surface area (Å²) in [7, 11) is 0. The summed E-state index contributed by atoms with van der Waals surface area (Å²) in [5, 5.41) is 3.73. The largest absolute Gasteiger partial charge is 0.449 e. The first-order valence-corrected chi connectivity index (χ1v) is 9.51. The van der Waals surface area contributed by atoms with E-state index in [1.54, 1.807) is 19.9 Å². The zero-order valence-electron chi connectivity index (χ0n) is 16.6. The third kappa shape index (κ3) is 3.93. The minimum absolute atomic E-state index is 0.126. The molecule has 2 aromatic carbocycles. The standard InChI is InChI=1S/C23H25NO4/c1-5-14(2)17-10-6-8-12-19(17)24-22(25)16(4)27-23(26)21-15(3)18-11-7-9-13-20(18)28-21/h6-14,16H,5H2,1-4H3,(H,24,25)/t14-,16-/m1/s1. The van der Waals surface area contributed by atoms with E-state index in [-0.39, 0.29) is 11.7 Å². The monoisotopic (exact) mass is 379 g/mol. The van der Waals surface area contributed by atoms with E-state index in [0.717, 1.165) is 23.1 Å². The highest BCUT2D eigenvalue weighted by Crippen LogP contribution is 2.27. The van der Waals surface area contributed by atoms with Gasteiger partial charge in [-0.3, -0.25) is 4.79 Å². The molecule has 0 aliphatic rings. The summed E-state index contributed by atoms with van der Waals surface area (Å²) in [5.74, 6) is -0.585. The number of hydrogen-bond donors (Lipinski definition) is 1. The topological polar surface area (TPSA) is 68.5 Å². The number of ether oxygens (including phenoxy) is 1. The average molecular weight is 379 g/mol. The molecule has 0 aliphatic heterocycles.